The Bertz CT molecular complexity index is 544. The van der Waals surface area contributed by atoms with Gasteiger partial charge in [0.15, 0.2) is 0 Å². The Morgan fingerprint density at radius 2 is 1.80 bits per heavy atom. The minimum Gasteiger partial charge on any atom is -0.497 e. The largest absolute Gasteiger partial charge is 0.497 e. The van der Waals surface area contributed by atoms with Crippen LogP contribution in [-0.2, 0) is 5.75 Å². The van der Waals surface area contributed by atoms with Crippen LogP contribution < -0.4 is 9.47 Å². The molecule has 0 aromatic heterocycles. The van der Waals surface area contributed by atoms with Crippen molar-refractivity contribution in [2.45, 2.75) is 15.7 Å². The molecule has 0 spiro atoms. The van der Waals surface area contributed by atoms with Crippen molar-refractivity contribution in [2.75, 3.05) is 7.11 Å². The van der Waals surface area contributed by atoms with E-state index in [9.17, 15) is 0 Å². The second-order valence-corrected chi connectivity index (χ2v) is 6.06. The number of rotatable bonds is 6. The molecule has 2 nitrogen and oxygen atoms in total. The molecule has 2 aromatic rings. The van der Waals surface area contributed by atoms with Crippen molar-refractivity contribution in [3.05, 3.63) is 54.1 Å². The average Bonchev–Trinajstić information content (AvgIpc) is 2.45. The van der Waals surface area contributed by atoms with Crippen molar-refractivity contribution in [2.24, 2.45) is 0 Å². The van der Waals surface area contributed by atoms with Crippen molar-refractivity contribution in [3.63, 3.8) is 0 Å². The van der Waals surface area contributed by atoms with Gasteiger partial charge in [-0.15, -0.1) is 11.8 Å². The van der Waals surface area contributed by atoms with Crippen molar-refractivity contribution < 1.29 is 9.47 Å². The maximum absolute atomic E-state index is 5.59. The fourth-order valence-electron chi connectivity index (χ4n) is 1.63. The summed E-state index contributed by atoms with van der Waals surface area (Å²) < 4.78 is 10.4. The predicted molar refractivity (Wildman–Crippen MR) is 85.1 cm³/mol. The zero-order valence-electron chi connectivity index (χ0n) is 10.9. The fourth-order valence-corrected chi connectivity index (χ4v) is 2.73. The van der Waals surface area contributed by atoms with Gasteiger partial charge in [-0.25, -0.2) is 0 Å². The number of methoxy groups -OCH3 is 1. The molecular weight excluding hydrogens is 315 g/mol. The van der Waals surface area contributed by atoms with Gasteiger partial charge in [0.25, 0.3) is 0 Å². The molecule has 0 saturated carbocycles. The molecule has 2 rings (SSSR count). The number of thioether (sulfide) groups is 1. The van der Waals surface area contributed by atoms with Gasteiger partial charge in [0, 0.05) is 10.6 Å². The van der Waals surface area contributed by atoms with Crippen molar-refractivity contribution >= 4 is 35.0 Å². The minimum absolute atomic E-state index is 0.666. The lowest BCUT2D eigenvalue weighted by Crippen LogP contribution is -1.98. The predicted octanol–water partition coefficient (Wildman–Crippen LogP) is 5.13. The smallest absolute Gasteiger partial charge is 0.247 e. The molecule has 0 unspecified atom stereocenters. The van der Waals surface area contributed by atoms with Gasteiger partial charge in [-0.2, -0.15) is 0 Å². The Morgan fingerprint density at radius 1 is 1.05 bits per heavy atom. The summed E-state index contributed by atoms with van der Waals surface area (Å²) in [5, 5.41) is -0.850. The van der Waals surface area contributed by atoms with Crippen LogP contribution in [0.4, 0.5) is 0 Å². The molecule has 0 fully saturated rings. The van der Waals surface area contributed by atoms with Crippen LogP contribution in [0.5, 0.6) is 11.5 Å². The summed E-state index contributed by atoms with van der Waals surface area (Å²) in [5.41, 5.74) is 1.23. The molecule has 0 heterocycles. The van der Waals surface area contributed by atoms with Gasteiger partial charge in [0.2, 0.25) is 5.02 Å². The quantitative estimate of drug-likeness (QED) is 0.541. The SMILES string of the molecule is COc1ccc(CSc2cccc(OC(Cl)Cl)c2)cc1. The summed E-state index contributed by atoms with van der Waals surface area (Å²) >= 11 is 12.9. The van der Waals surface area contributed by atoms with Gasteiger partial charge in [-0.1, -0.05) is 41.4 Å². The molecule has 0 amide bonds. The Balaban J connectivity index is 1.95. The maximum Gasteiger partial charge on any atom is 0.247 e. The Hall–Kier alpha value is -1.03. The van der Waals surface area contributed by atoms with Crippen LogP contribution in [0.25, 0.3) is 0 Å². The van der Waals surface area contributed by atoms with Gasteiger partial charge in [0.1, 0.15) is 11.5 Å². The van der Waals surface area contributed by atoms with Gasteiger partial charge in [-0.05, 0) is 35.9 Å². The lowest BCUT2D eigenvalue weighted by atomic mass is 10.2. The van der Waals surface area contributed by atoms with Crippen LogP contribution >= 0.6 is 35.0 Å². The summed E-state index contributed by atoms with van der Waals surface area (Å²) in [6.45, 7) is 0. The highest BCUT2D eigenvalue weighted by atomic mass is 35.5. The number of halogens is 2. The standard InChI is InChI=1S/C15H14Cl2O2S/c1-18-12-7-5-11(6-8-12)10-20-14-4-2-3-13(9-14)19-15(16)17/h2-9,15H,10H2,1H3. The van der Waals surface area contributed by atoms with E-state index in [0.717, 1.165) is 16.4 Å². The van der Waals surface area contributed by atoms with E-state index in [4.69, 9.17) is 32.7 Å². The number of benzene rings is 2. The van der Waals surface area contributed by atoms with E-state index in [1.165, 1.54) is 5.56 Å². The molecule has 0 aliphatic rings. The van der Waals surface area contributed by atoms with E-state index < -0.39 is 5.02 Å². The van der Waals surface area contributed by atoms with E-state index >= 15 is 0 Å². The highest BCUT2D eigenvalue weighted by molar-refractivity contribution is 7.98. The lowest BCUT2D eigenvalue weighted by molar-refractivity contribution is 0.353. The Kier molecular flexibility index (Phi) is 5.89. The van der Waals surface area contributed by atoms with E-state index in [1.54, 1.807) is 18.9 Å². The highest BCUT2D eigenvalue weighted by Gasteiger charge is 2.03. The summed E-state index contributed by atoms with van der Waals surface area (Å²) in [5.74, 6) is 2.41. The zero-order valence-corrected chi connectivity index (χ0v) is 13.2. The monoisotopic (exact) mass is 328 g/mol. The van der Waals surface area contributed by atoms with Crippen LogP contribution in [0, 0.1) is 0 Å². The molecule has 0 aliphatic carbocycles. The van der Waals surface area contributed by atoms with Gasteiger partial charge < -0.3 is 9.47 Å². The Labute approximate surface area is 133 Å². The molecule has 20 heavy (non-hydrogen) atoms. The third-order valence-corrected chi connectivity index (χ3v) is 3.84. The lowest BCUT2D eigenvalue weighted by Gasteiger charge is -2.08. The highest BCUT2D eigenvalue weighted by Crippen LogP contribution is 2.27. The molecule has 0 aliphatic heterocycles. The van der Waals surface area contributed by atoms with E-state index in [0.29, 0.717) is 5.75 Å². The molecule has 0 atom stereocenters. The van der Waals surface area contributed by atoms with Crippen LogP contribution in [0.1, 0.15) is 5.56 Å². The summed E-state index contributed by atoms with van der Waals surface area (Å²) in [6.07, 6.45) is 0. The van der Waals surface area contributed by atoms with Crippen molar-refractivity contribution in [1.29, 1.82) is 0 Å². The maximum atomic E-state index is 5.59. The van der Waals surface area contributed by atoms with Gasteiger partial charge in [-0.3, -0.25) is 0 Å². The second kappa shape index (κ2) is 7.67. The molecule has 0 radical (unpaired) electrons. The first kappa shape index (κ1) is 15.4. The number of hydrogen-bond donors (Lipinski definition) is 0. The van der Waals surface area contributed by atoms with Crippen LogP contribution in [-0.4, -0.2) is 12.1 Å². The van der Waals surface area contributed by atoms with Crippen LogP contribution in [0.15, 0.2) is 53.4 Å². The van der Waals surface area contributed by atoms with E-state index in [1.807, 2.05) is 36.4 Å². The number of ether oxygens (including phenoxy) is 2. The normalized spacial score (nSPS) is 10.6. The minimum atomic E-state index is -0.850. The first-order chi connectivity index (χ1) is 9.67. The van der Waals surface area contributed by atoms with E-state index in [-0.39, 0.29) is 0 Å². The molecule has 0 saturated heterocycles. The summed E-state index contributed by atoms with van der Waals surface area (Å²) in [6, 6.07) is 15.7. The number of alkyl halides is 2. The third kappa shape index (κ3) is 4.82. The van der Waals surface area contributed by atoms with Gasteiger partial charge in [0.05, 0.1) is 7.11 Å². The molecule has 2 aromatic carbocycles. The molecule has 0 N–H and O–H groups in total. The third-order valence-electron chi connectivity index (χ3n) is 2.60. The first-order valence-electron chi connectivity index (χ1n) is 5.98. The fraction of sp³-hybridized carbons (Fsp3) is 0.200. The molecule has 0 bridgehead atoms. The first-order valence-corrected chi connectivity index (χ1v) is 7.84. The average molecular weight is 329 g/mol. The zero-order chi connectivity index (χ0) is 14.4. The molecule has 5 heteroatoms. The Morgan fingerprint density at radius 3 is 2.45 bits per heavy atom. The molecular formula is C15H14Cl2O2S. The van der Waals surface area contributed by atoms with E-state index in [2.05, 4.69) is 12.1 Å². The topological polar surface area (TPSA) is 18.5 Å². The summed E-state index contributed by atoms with van der Waals surface area (Å²) in [4.78, 5) is 1.10. The van der Waals surface area contributed by atoms with Gasteiger partial charge >= 0.3 is 0 Å². The van der Waals surface area contributed by atoms with Crippen molar-refractivity contribution in [1.82, 2.24) is 0 Å². The number of hydrogen-bond acceptors (Lipinski definition) is 3. The summed E-state index contributed by atoms with van der Waals surface area (Å²) in [7, 11) is 1.66. The molecule has 106 valence electrons. The second-order valence-electron chi connectivity index (χ2n) is 3.99. The van der Waals surface area contributed by atoms with Crippen molar-refractivity contribution in [3.8, 4) is 11.5 Å². The van der Waals surface area contributed by atoms with Crippen LogP contribution in [0.3, 0.4) is 0 Å². The van der Waals surface area contributed by atoms with Crippen LogP contribution in [0.2, 0.25) is 0 Å².